The number of nitrogens with one attached hydrogen (secondary N) is 1. The van der Waals surface area contributed by atoms with Crippen molar-refractivity contribution in [2.75, 3.05) is 5.32 Å². The highest BCUT2D eigenvalue weighted by atomic mass is 32.1. The van der Waals surface area contributed by atoms with Crippen LogP contribution in [0.5, 0.6) is 0 Å². The minimum Gasteiger partial charge on any atom is -0.379 e. The van der Waals surface area contributed by atoms with Gasteiger partial charge in [0, 0.05) is 17.3 Å². The Morgan fingerprint density at radius 3 is 3.06 bits per heavy atom. The summed E-state index contributed by atoms with van der Waals surface area (Å²) in [7, 11) is 0. The molecular weight excluding hydrogens is 236 g/mol. The zero-order valence-electron chi connectivity index (χ0n) is 9.30. The number of rotatable bonds is 4. The van der Waals surface area contributed by atoms with E-state index in [-0.39, 0.29) is 5.69 Å². The Hall–Kier alpha value is -1.95. The minimum absolute atomic E-state index is 0.254. The zero-order chi connectivity index (χ0) is 12.3. The van der Waals surface area contributed by atoms with E-state index in [1.807, 2.05) is 12.3 Å². The molecule has 2 aromatic heterocycles. The lowest BCUT2D eigenvalue weighted by Gasteiger charge is -2.04. The first kappa shape index (κ1) is 11.5. The number of pyridine rings is 1. The number of primary amides is 1. The summed E-state index contributed by atoms with van der Waals surface area (Å²) in [5.74, 6) is -0.529. The van der Waals surface area contributed by atoms with Crippen LogP contribution in [0.4, 0.5) is 5.69 Å². The van der Waals surface area contributed by atoms with E-state index < -0.39 is 5.91 Å². The molecule has 0 aromatic carbocycles. The molecule has 2 heterocycles. The van der Waals surface area contributed by atoms with Crippen molar-refractivity contribution in [3.8, 4) is 0 Å². The number of carbonyl (C=O) groups excluding carboxylic acids is 1. The zero-order valence-corrected chi connectivity index (χ0v) is 10.1. The van der Waals surface area contributed by atoms with Crippen molar-refractivity contribution in [1.82, 2.24) is 9.97 Å². The van der Waals surface area contributed by atoms with Crippen LogP contribution in [0.3, 0.4) is 0 Å². The van der Waals surface area contributed by atoms with Crippen LogP contribution in [0.2, 0.25) is 0 Å². The largest absolute Gasteiger partial charge is 0.379 e. The third-order valence-electron chi connectivity index (χ3n) is 2.15. The van der Waals surface area contributed by atoms with Gasteiger partial charge in [-0.15, -0.1) is 11.3 Å². The summed E-state index contributed by atoms with van der Waals surface area (Å²) in [6, 6.07) is 3.41. The molecule has 5 nitrogen and oxygen atoms in total. The van der Waals surface area contributed by atoms with Gasteiger partial charge in [0.2, 0.25) is 0 Å². The second-order valence-electron chi connectivity index (χ2n) is 3.51. The molecule has 0 bridgehead atoms. The molecule has 0 aliphatic heterocycles. The van der Waals surface area contributed by atoms with E-state index in [1.165, 1.54) is 0 Å². The second kappa shape index (κ2) is 4.92. The number of nitrogens with two attached hydrogens (primary N) is 1. The normalized spacial score (nSPS) is 10.2. The quantitative estimate of drug-likeness (QED) is 0.860. The fourth-order valence-electron chi connectivity index (χ4n) is 1.36. The molecule has 6 heteroatoms. The van der Waals surface area contributed by atoms with E-state index in [4.69, 9.17) is 5.73 Å². The SMILES string of the molecule is Cc1nc(CNc2ccnc(C(N)=O)c2)cs1. The highest BCUT2D eigenvalue weighted by molar-refractivity contribution is 7.09. The van der Waals surface area contributed by atoms with Gasteiger partial charge in [0.05, 0.1) is 17.2 Å². The van der Waals surface area contributed by atoms with Crippen molar-refractivity contribution in [3.05, 3.63) is 40.1 Å². The van der Waals surface area contributed by atoms with Crippen LogP contribution in [-0.4, -0.2) is 15.9 Å². The van der Waals surface area contributed by atoms with Gasteiger partial charge in [-0.3, -0.25) is 9.78 Å². The number of hydrogen-bond acceptors (Lipinski definition) is 5. The molecule has 0 atom stereocenters. The predicted octanol–water partition coefficient (Wildman–Crippen LogP) is 1.56. The van der Waals surface area contributed by atoms with E-state index in [9.17, 15) is 4.79 Å². The standard InChI is InChI=1S/C11H12N4OS/c1-7-15-9(6-17-7)5-14-8-2-3-13-10(4-8)11(12)16/h2-4,6H,5H2,1H3,(H2,12,16)(H,13,14). The maximum absolute atomic E-state index is 11.0. The van der Waals surface area contributed by atoms with Gasteiger partial charge in [-0.05, 0) is 19.1 Å². The van der Waals surface area contributed by atoms with E-state index >= 15 is 0 Å². The number of nitrogens with zero attached hydrogens (tertiary/aromatic N) is 2. The Morgan fingerprint density at radius 2 is 2.41 bits per heavy atom. The summed E-state index contributed by atoms with van der Waals surface area (Å²) < 4.78 is 0. The number of carbonyl (C=O) groups is 1. The third-order valence-corrected chi connectivity index (χ3v) is 2.97. The fourth-order valence-corrected chi connectivity index (χ4v) is 1.97. The molecular formula is C11H12N4OS. The van der Waals surface area contributed by atoms with E-state index in [0.717, 1.165) is 16.4 Å². The number of aromatic nitrogens is 2. The minimum atomic E-state index is -0.529. The molecule has 1 amide bonds. The van der Waals surface area contributed by atoms with Crippen LogP contribution >= 0.6 is 11.3 Å². The first-order valence-corrected chi connectivity index (χ1v) is 5.94. The highest BCUT2D eigenvalue weighted by Gasteiger charge is 2.03. The molecule has 0 fully saturated rings. The summed E-state index contributed by atoms with van der Waals surface area (Å²) >= 11 is 1.61. The number of amides is 1. The molecule has 17 heavy (non-hydrogen) atoms. The Labute approximate surface area is 103 Å². The Balaban J connectivity index is 2.04. The molecule has 88 valence electrons. The van der Waals surface area contributed by atoms with E-state index in [1.54, 1.807) is 29.7 Å². The molecule has 0 unspecified atom stereocenters. The topological polar surface area (TPSA) is 80.9 Å². The summed E-state index contributed by atoms with van der Waals surface area (Å²) in [6.45, 7) is 2.58. The first-order valence-electron chi connectivity index (χ1n) is 5.06. The lowest BCUT2D eigenvalue weighted by Crippen LogP contribution is -2.13. The summed E-state index contributed by atoms with van der Waals surface area (Å²) in [4.78, 5) is 19.2. The molecule has 3 N–H and O–H groups in total. The lowest BCUT2D eigenvalue weighted by molar-refractivity contribution is 0.0995. The van der Waals surface area contributed by atoms with Gasteiger partial charge in [-0.1, -0.05) is 0 Å². The molecule has 0 saturated heterocycles. The van der Waals surface area contributed by atoms with Gasteiger partial charge in [0.15, 0.2) is 0 Å². The Bertz CT molecular complexity index is 538. The first-order chi connectivity index (χ1) is 8.15. The predicted molar refractivity (Wildman–Crippen MR) is 66.9 cm³/mol. The number of anilines is 1. The summed E-state index contributed by atoms with van der Waals surface area (Å²) in [5, 5.41) is 6.20. The van der Waals surface area contributed by atoms with Crippen molar-refractivity contribution in [2.24, 2.45) is 5.73 Å². The van der Waals surface area contributed by atoms with E-state index in [0.29, 0.717) is 6.54 Å². The maximum atomic E-state index is 11.0. The number of hydrogen-bond donors (Lipinski definition) is 2. The second-order valence-corrected chi connectivity index (χ2v) is 4.57. The third kappa shape index (κ3) is 3.01. The molecule has 0 spiro atoms. The average molecular weight is 248 g/mol. The monoisotopic (exact) mass is 248 g/mol. The van der Waals surface area contributed by atoms with E-state index in [2.05, 4.69) is 15.3 Å². The summed E-state index contributed by atoms with van der Waals surface area (Å²) in [6.07, 6.45) is 1.55. The maximum Gasteiger partial charge on any atom is 0.267 e. The average Bonchev–Trinajstić information content (AvgIpc) is 2.73. The van der Waals surface area contributed by atoms with Crippen molar-refractivity contribution >= 4 is 22.9 Å². The highest BCUT2D eigenvalue weighted by Crippen LogP contribution is 2.12. The van der Waals surface area contributed by atoms with Crippen LogP contribution in [0.1, 0.15) is 21.2 Å². The van der Waals surface area contributed by atoms with Crippen molar-refractivity contribution < 1.29 is 4.79 Å². The Morgan fingerprint density at radius 1 is 1.59 bits per heavy atom. The van der Waals surface area contributed by atoms with Crippen LogP contribution in [0.15, 0.2) is 23.7 Å². The molecule has 2 aromatic rings. The summed E-state index contributed by atoms with van der Waals surface area (Å²) in [5.41, 5.74) is 7.19. The smallest absolute Gasteiger partial charge is 0.267 e. The van der Waals surface area contributed by atoms with Gasteiger partial charge in [0.1, 0.15) is 5.69 Å². The van der Waals surface area contributed by atoms with Gasteiger partial charge < -0.3 is 11.1 Å². The molecule has 0 aliphatic rings. The van der Waals surface area contributed by atoms with Crippen LogP contribution in [0, 0.1) is 6.92 Å². The lowest BCUT2D eigenvalue weighted by atomic mass is 10.3. The fraction of sp³-hybridized carbons (Fsp3) is 0.182. The van der Waals surface area contributed by atoms with Gasteiger partial charge in [-0.2, -0.15) is 0 Å². The Kier molecular flexibility index (Phi) is 3.34. The number of aryl methyl sites for hydroxylation is 1. The van der Waals surface area contributed by atoms with Crippen LogP contribution in [-0.2, 0) is 6.54 Å². The molecule has 0 saturated carbocycles. The van der Waals surface area contributed by atoms with Gasteiger partial charge in [-0.25, -0.2) is 4.98 Å². The van der Waals surface area contributed by atoms with Gasteiger partial charge in [0.25, 0.3) is 5.91 Å². The molecule has 0 aliphatic carbocycles. The van der Waals surface area contributed by atoms with Crippen LogP contribution < -0.4 is 11.1 Å². The van der Waals surface area contributed by atoms with Gasteiger partial charge >= 0.3 is 0 Å². The number of thiazole rings is 1. The molecule has 2 rings (SSSR count). The van der Waals surface area contributed by atoms with Crippen molar-refractivity contribution in [3.63, 3.8) is 0 Å². The van der Waals surface area contributed by atoms with Crippen LogP contribution in [0.25, 0.3) is 0 Å². The van der Waals surface area contributed by atoms with Crippen molar-refractivity contribution in [2.45, 2.75) is 13.5 Å². The molecule has 0 radical (unpaired) electrons. The van der Waals surface area contributed by atoms with Crippen molar-refractivity contribution in [1.29, 1.82) is 0 Å².